The maximum atomic E-state index is 11.5. The van der Waals surface area contributed by atoms with Crippen molar-refractivity contribution in [2.75, 3.05) is 5.75 Å². The van der Waals surface area contributed by atoms with E-state index in [0.29, 0.717) is 11.3 Å². The zero-order valence-electron chi connectivity index (χ0n) is 8.64. The lowest BCUT2D eigenvalue weighted by Gasteiger charge is -2.12. The molecule has 1 atom stereocenters. The number of thioether (sulfide) groups is 1. The summed E-state index contributed by atoms with van der Waals surface area (Å²) in [5.74, 6) is 0.694. The van der Waals surface area contributed by atoms with E-state index in [1.54, 1.807) is 12.1 Å². The van der Waals surface area contributed by atoms with Crippen LogP contribution >= 0.6 is 11.8 Å². The topological polar surface area (TPSA) is 37.3 Å². The van der Waals surface area contributed by atoms with Crippen LogP contribution in [0.15, 0.2) is 42.5 Å². The highest BCUT2D eigenvalue weighted by molar-refractivity contribution is 8.14. The van der Waals surface area contributed by atoms with Gasteiger partial charge in [0, 0.05) is 5.57 Å². The van der Waals surface area contributed by atoms with Crippen molar-refractivity contribution in [3.05, 3.63) is 48.0 Å². The molecular weight excluding hydrogens is 208 g/mol. The fraction of sp³-hybridized carbons (Fsp3) is 0.250. The van der Waals surface area contributed by atoms with Crippen molar-refractivity contribution < 1.29 is 9.90 Å². The van der Waals surface area contributed by atoms with Gasteiger partial charge in [-0.05, 0) is 11.3 Å². The molecule has 1 aromatic carbocycles. The van der Waals surface area contributed by atoms with Crippen LogP contribution in [-0.4, -0.2) is 16.0 Å². The zero-order valence-corrected chi connectivity index (χ0v) is 9.46. The first-order valence-corrected chi connectivity index (χ1v) is 5.74. The van der Waals surface area contributed by atoms with Crippen LogP contribution in [0.5, 0.6) is 0 Å². The molecule has 0 radical (unpaired) electrons. The molecule has 0 amide bonds. The maximum Gasteiger partial charge on any atom is 0.217 e. The summed E-state index contributed by atoms with van der Waals surface area (Å²) >= 11 is 1.16. The van der Waals surface area contributed by atoms with Crippen LogP contribution in [0, 0.1) is 0 Å². The standard InChI is InChI=1S/C12H14O2S/c1-3-15-12(14)9(2)11(13)10-7-5-4-6-8-10/h4-8,11,13H,2-3H2,1H3/t11-/m0/s1. The van der Waals surface area contributed by atoms with E-state index < -0.39 is 6.10 Å². The van der Waals surface area contributed by atoms with E-state index in [1.165, 1.54) is 0 Å². The van der Waals surface area contributed by atoms with Gasteiger partial charge in [-0.25, -0.2) is 0 Å². The molecule has 0 aliphatic carbocycles. The molecule has 0 fully saturated rings. The number of benzene rings is 1. The summed E-state index contributed by atoms with van der Waals surface area (Å²) in [4.78, 5) is 11.5. The lowest BCUT2D eigenvalue weighted by Crippen LogP contribution is -2.07. The minimum absolute atomic E-state index is 0.145. The van der Waals surface area contributed by atoms with Gasteiger partial charge in [0.25, 0.3) is 0 Å². The van der Waals surface area contributed by atoms with Gasteiger partial charge in [-0.15, -0.1) is 0 Å². The molecule has 0 aliphatic heterocycles. The second-order valence-electron chi connectivity index (χ2n) is 3.06. The molecule has 0 unspecified atom stereocenters. The largest absolute Gasteiger partial charge is 0.384 e. The SMILES string of the molecule is C=C(C(=O)SCC)[C@H](O)c1ccccc1. The second-order valence-corrected chi connectivity index (χ2v) is 4.30. The average Bonchev–Trinajstić information content (AvgIpc) is 2.28. The highest BCUT2D eigenvalue weighted by Crippen LogP contribution is 2.23. The van der Waals surface area contributed by atoms with E-state index >= 15 is 0 Å². The van der Waals surface area contributed by atoms with Gasteiger partial charge in [0.2, 0.25) is 5.12 Å². The quantitative estimate of drug-likeness (QED) is 0.795. The molecule has 1 N–H and O–H groups in total. The van der Waals surface area contributed by atoms with Crippen LogP contribution in [0.2, 0.25) is 0 Å². The second kappa shape index (κ2) is 5.73. The fourth-order valence-corrected chi connectivity index (χ4v) is 1.73. The highest BCUT2D eigenvalue weighted by atomic mass is 32.2. The predicted molar refractivity (Wildman–Crippen MR) is 63.7 cm³/mol. The molecule has 80 valence electrons. The molecule has 1 rings (SSSR count). The first-order chi connectivity index (χ1) is 7.16. The maximum absolute atomic E-state index is 11.5. The Bertz CT molecular complexity index is 346. The number of carbonyl (C=O) groups excluding carboxylic acids is 1. The number of aliphatic hydroxyl groups excluding tert-OH is 1. The molecule has 2 nitrogen and oxygen atoms in total. The molecule has 0 aliphatic rings. The summed E-state index contributed by atoms with van der Waals surface area (Å²) in [6.45, 7) is 5.52. The van der Waals surface area contributed by atoms with Gasteiger partial charge in [0.05, 0.1) is 0 Å². The average molecular weight is 222 g/mol. The van der Waals surface area contributed by atoms with Gasteiger partial charge in [-0.2, -0.15) is 0 Å². The molecule has 0 bridgehead atoms. The lowest BCUT2D eigenvalue weighted by molar-refractivity contribution is -0.108. The van der Waals surface area contributed by atoms with Crippen molar-refractivity contribution in [2.24, 2.45) is 0 Å². The number of hydrogen-bond donors (Lipinski definition) is 1. The Morgan fingerprint density at radius 1 is 1.47 bits per heavy atom. The van der Waals surface area contributed by atoms with Crippen LogP contribution in [0.3, 0.4) is 0 Å². The Kier molecular flexibility index (Phi) is 4.59. The Morgan fingerprint density at radius 2 is 2.07 bits per heavy atom. The minimum Gasteiger partial charge on any atom is -0.384 e. The lowest BCUT2D eigenvalue weighted by atomic mass is 10.0. The highest BCUT2D eigenvalue weighted by Gasteiger charge is 2.17. The molecule has 3 heteroatoms. The van der Waals surface area contributed by atoms with Crippen LogP contribution in [-0.2, 0) is 4.79 Å². The Hall–Kier alpha value is -1.06. The van der Waals surface area contributed by atoms with Crippen LogP contribution < -0.4 is 0 Å². The van der Waals surface area contributed by atoms with E-state index in [9.17, 15) is 9.90 Å². The third-order valence-corrected chi connectivity index (χ3v) is 2.80. The number of hydrogen-bond acceptors (Lipinski definition) is 3. The van der Waals surface area contributed by atoms with Crippen LogP contribution in [0.25, 0.3) is 0 Å². The Balaban J connectivity index is 2.73. The van der Waals surface area contributed by atoms with E-state index in [0.717, 1.165) is 11.8 Å². The van der Waals surface area contributed by atoms with Gasteiger partial charge in [-0.3, -0.25) is 4.79 Å². The minimum atomic E-state index is -0.891. The molecule has 0 heterocycles. The molecule has 15 heavy (non-hydrogen) atoms. The Morgan fingerprint density at radius 3 is 2.60 bits per heavy atom. The third-order valence-electron chi connectivity index (χ3n) is 1.98. The smallest absolute Gasteiger partial charge is 0.217 e. The summed E-state index contributed by atoms with van der Waals surface area (Å²) in [6, 6.07) is 9.06. The fourth-order valence-electron chi connectivity index (χ4n) is 1.17. The van der Waals surface area contributed by atoms with E-state index in [4.69, 9.17) is 0 Å². The molecule has 1 aromatic rings. The van der Waals surface area contributed by atoms with Crippen molar-refractivity contribution in [3.63, 3.8) is 0 Å². The summed E-state index contributed by atoms with van der Waals surface area (Å²) in [7, 11) is 0. The molecule has 0 saturated heterocycles. The van der Waals surface area contributed by atoms with Crippen molar-refractivity contribution in [2.45, 2.75) is 13.0 Å². The zero-order chi connectivity index (χ0) is 11.3. The summed E-state index contributed by atoms with van der Waals surface area (Å²) in [5, 5.41) is 9.71. The van der Waals surface area contributed by atoms with Gasteiger partial charge < -0.3 is 5.11 Å². The van der Waals surface area contributed by atoms with Gasteiger partial charge in [-0.1, -0.05) is 55.6 Å². The van der Waals surface area contributed by atoms with E-state index in [2.05, 4.69) is 6.58 Å². The molecular formula is C12H14O2S. The van der Waals surface area contributed by atoms with Crippen LogP contribution in [0.4, 0.5) is 0 Å². The molecule has 0 spiro atoms. The Labute approximate surface area is 94.0 Å². The normalized spacial score (nSPS) is 12.1. The van der Waals surface area contributed by atoms with Gasteiger partial charge >= 0.3 is 0 Å². The number of carbonyl (C=O) groups is 1. The summed E-state index contributed by atoms with van der Waals surface area (Å²) in [6.07, 6.45) is -0.891. The first kappa shape index (κ1) is 12.0. The van der Waals surface area contributed by atoms with Gasteiger partial charge in [0.1, 0.15) is 6.10 Å². The molecule has 0 aromatic heterocycles. The van der Waals surface area contributed by atoms with Crippen LogP contribution in [0.1, 0.15) is 18.6 Å². The van der Waals surface area contributed by atoms with Crippen molar-refractivity contribution >= 4 is 16.9 Å². The molecule has 0 saturated carbocycles. The summed E-state index contributed by atoms with van der Waals surface area (Å²) in [5.41, 5.74) is 0.945. The predicted octanol–water partition coefficient (Wildman–Crippen LogP) is 2.56. The van der Waals surface area contributed by atoms with Crippen molar-refractivity contribution in [1.29, 1.82) is 0 Å². The third kappa shape index (κ3) is 3.22. The van der Waals surface area contributed by atoms with Crippen molar-refractivity contribution in [3.8, 4) is 0 Å². The first-order valence-electron chi connectivity index (χ1n) is 4.75. The van der Waals surface area contributed by atoms with Gasteiger partial charge in [0.15, 0.2) is 0 Å². The number of rotatable bonds is 4. The number of aliphatic hydroxyl groups is 1. The summed E-state index contributed by atoms with van der Waals surface area (Å²) < 4.78 is 0. The van der Waals surface area contributed by atoms with Crippen molar-refractivity contribution in [1.82, 2.24) is 0 Å². The van der Waals surface area contributed by atoms with E-state index in [-0.39, 0.29) is 10.7 Å². The van der Waals surface area contributed by atoms with E-state index in [1.807, 2.05) is 25.1 Å². The monoisotopic (exact) mass is 222 g/mol.